The van der Waals surface area contributed by atoms with Crippen LogP contribution in [0.3, 0.4) is 0 Å². The van der Waals surface area contributed by atoms with Crippen molar-refractivity contribution in [2.24, 2.45) is 0 Å². The number of carboxylic acids is 1. The number of aliphatic carboxylic acids is 1. The molecule has 0 saturated heterocycles. The van der Waals surface area contributed by atoms with E-state index in [4.69, 9.17) is 24.9 Å². The van der Waals surface area contributed by atoms with E-state index in [0.717, 1.165) is 6.92 Å². The van der Waals surface area contributed by atoms with Crippen molar-refractivity contribution in [2.45, 2.75) is 6.92 Å². The van der Waals surface area contributed by atoms with Crippen LogP contribution in [0.15, 0.2) is 0 Å². The monoisotopic (exact) mass is 183 g/mol. The maximum absolute atomic E-state index is 8.89. The zero-order chi connectivity index (χ0) is 7.15. The maximum Gasteiger partial charge on any atom is 2.00 e. The second kappa shape index (κ2) is 16.4. The number of carbonyl (C=O) groups excluding carboxylic acids is 2. The van der Waals surface area contributed by atoms with Crippen molar-refractivity contribution < 1.29 is 24.9 Å². The van der Waals surface area contributed by atoms with E-state index < -0.39 is 12.1 Å². The molecule has 0 rings (SSSR count). The van der Waals surface area contributed by atoms with E-state index in [1.54, 1.807) is 0 Å². The van der Waals surface area contributed by atoms with Gasteiger partial charge in [-0.15, -0.1) is 0 Å². The largest absolute Gasteiger partial charge is 2.00 e. The molecule has 0 bridgehead atoms. The molecular formula is C3H3CaMgO5+. The fourth-order valence-electron chi connectivity index (χ4n) is 0. The topological polar surface area (TPSA) is 103 Å². The summed E-state index contributed by atoms with van der Waals surface area (Å²) < 4.78 is 0. The predicted molar refractivity (Wildman–Crippen MR) is 27.6 cm³/mol. The summed E-state index contributed by atoms with van der Waals surface area (Å²) in [6, 6.07) is 0. The third-order valence-corrected chi connectivity index (χ3v) is 0. The first-order valence-corrected chi connectivity index (χ1v) is 1.52. The zero-order valence-corrected chi connectivity index (χ0v) is 9.08. The van der Waals surface area contributed by atoms with Crippen LogP contribution in [0.4, 0.5) is 4.79 Å². The average molecular weight is 183 g/mol. The molecule has 0 unspecified atom stereocenters. The Kier molecular flexibility index (Phi) is 36.8. The van der Waals surface area contributed by atoms with Gasteiger partial charge >= 0.3 is 60.8 Å². The molecule has 5 nitrogen and oxygen atoms in total. The molecule has 48 valence electrons. The molecule has 0 heterocycles. The minimum Gasteiger partial charge on any atom is -0.652 e. The molecule has 0 aliphatic rings. The van der Waals surface area contributed by atoms with Crippen molar-refractivity contribution >= 4 is 72.9 Å². The molecule has 0 saturated carbocycles. The molecule has 0 N–H and O–H groups in total. The maximum atomic E-state index is 8.89. The molecular weight excluding hydrogens is 180 g/mol. The Morgan fingerprint density at radius 2 is 1.10 bits per heavy atom. The van der Waals surface area contributed by atoms with Crippen LogP contribution in [0.2, 0.25) is 0 Å². The summed E-state index contributed by atoms with van der Waals surface area (Å²) in [4.78, 5) is 17.2. The quantitative estimate of drug-likeness (QED) is 0.352. The molecule has 0 spiro atoms. The number of carbonyl (C=O) groups is 2. The van der Waals surface area contributed by atoms with Crippen LogP contribution in [0.1, 0.15) is 6.92 Å². The van der Waals surface area contributed by atoms with Gasteiger partial charge < -0.3 is 24.9 Å². The fraction of sp³-hybridized carbons (Fsp3) is 0.333. The summed E-state index contributed by atoms with van der Waals surface area (Å²) in [6.07, 6.45) is -2.33. The fourth-order valence-corrected chi connectivity index (χ4v) is 0. The summed E-state index contributed by atoms with van der Waals surface area (Å²) in [5.41, 5.74) is 0. The normalized spacial score (nSPS) is 4.90. The third kappa shape index (κ3) is 901. The molecule has 0 aliphatic carbocycles. The van der Waals surface area contributed by atoms with Crippen LogP contribution < -0.4 is 15.3 Å². The Morgan fingerprint density at radius 3 is 1.10 bits per heavy atom. The zero-order valence-electron chi connectivity index (χ0n) is 5.46. The van der Waals surface area contributed by atoms with E-state index in [9.17, 15) is 0 Å². The molecule has 0 aromatic carbocycles. The number of rotatable bonds is 0. The van der Waals surface area contributed by atoms with E-state index in [1.807, 2.05) is 0 Å². The number of carboxylic acid groups (broad SMARTS) is 3. The standard InChI is InChI=1S/C2H4O2.CH2O3.Ca.Mg/c1-2(3)4;2-1(3)4;;/h1H3,(H,3,4);(H2,2,3,4);;/q;;2*+2/p-3. The van der Waals surface area contributed by atoms with E-state index in [1.165, 1.54) is 0 Å². The summed E-state index contributed by atoms with van der Waals surface area (Å²) in [6.45, 7) is 0.972. The van der Waals surface area contributed by atoms with Crippen LogP contribution in [-0.4, -0.2) is 72.9 Å². The summed E-state index contributed by atoms with van der Waals surface area (Å²) in [5, 5.41) is 25.6. The molecule has 0 aromatic heterocycles. The Bertz CT molecular complexity index is 74.9. The van der Waals surface area contributed by atoms with E-state index >= 15 is 0 Å². The van der Waals surface area contributed by atoms with Crippen molar-refractivity contribution in [1.29, 1.82) is 0 Å². The van der Waals surface area contributed by atoms with Crippen molar-refractivity contribution in [1.82, 2.24) is 0 Å². The first-order valence-electron chi connectivity index (χ1n) is 1.52. The molecule has 0 fully saturated rings. The van der Waals surface area contributed by atoms with E-state index in [2.05, 4.69) is 0 Å². The smallest absolute Gasteiger partial charge is 0.652 e. The SMILES string of the molecule is CC(=O)[O-].O=C([O-])[O-].[Ca+2].[Mg+2]. The van der Waals surface area contributed by atoms with Gasteiger partial charge in [0.15, 0.2) is 0 Å². The summed E-state index contributed by atoms with van der Waals surface area (Å²) in [5.74, 6) is -1.08. The van der Waals surface area contributed by atoms with Gasteiger partial charge in [0.05, 0.1) is 0 Å². The van der Waals surface area contributed by atoms with Crippen LogP contribution in [-0.2, 0) is 4.79 Å². The van der Waals surface area contributed by atoms with Gasteiger partial charge in [-0.05, 0) is 13.1 Å². The molecule has 10 heavy (non-hydrogen) atoms. The molecule has 0 aromatic rings. The Balaban J connectivity index is -0.0000000300. The first kappa shape index (κ1) is 22.4. The summed E-state index contributed by atoms with van der Waals surface area (Å²) in [7, 11) is 0. The van der Waals surface area contributed by atoms with Gasteiger partial charge in [0.25, 0.3) is 0 Å². The van der Waals surface area contributed by atoms with Gasteiger partial charge in [-0.3, -0.25) is 0 Å². The van der Waals surface area contributed by atoms with Crippen molar-refractivity contribution in [3.8, 4) is 0 Å². The van der Waals surface area contributed by atoms with Gasteiger partial charge in [-0.2, -0.15) is 0 Å². The minimum absolute atomic E-state index is 0. The molecule has 0 aliphatic heterocycles. The van der Waals surface area contributed by atoms with Gasteiger partial charge in [-0.25, -0.2) is 0 Å². The molecule has 0 atom stereocenters. The van der Waals surface area contributed by atoms with Crippen LogP contribution in [0.5, 0.6) is 0 Å². The van der Waals surface area contributed by atoms with Crippen LogP contribution >= 0.6 is 0 Å². The van der Waals surface area contributed by atoms with E-state index in [-0.39, 0.29) is 60.8 Å². The molecule has 0 radical (unpaired) electrons. The minimum atomic E-state index is -2.33. The molecule has 7 heteroatoms. The van der Waals surface area contributed by atoms with Gasteiger partial charge in [0.2, 0.25) is 0 Å². The van der Waals surface area contributed by atoms with Crippen molar-refractivity contribution in [2.75, 3.05) is 0 Å². The van der Waals surface area contributed by atoms with Crippen LogP contribution in [0.25, 0.3) is 0 Å². The van der Waals surface area contributed by atoms with Gasteiger partial charge in [-0.1, -0.05) is 0 Å². The Labute approximate surface area is 104 Å². The second-order valence-electron chi connectivity index (χ2n) is 0.742. The number of hydrogen-bond donors (Lipinski definition) is 0. The number of hydrogen-bond acceptors (Lipinski definition) is 5. The third-order valence-electron chi connectivity index (χ3n) is 0. The molecule has 0 amide bonds. The van der Waals surface area contributed by atoms with Crippen molar-refractivity contribution in [3.05, 3.63) is 0 Å². The second-order valence-corrected chi connectivity index (χ2v) is 0.742. The van der Waals surface area contributed by atoms with Gasteiger partial charge in [0.1, 0.15) is 0 Å². The average Bonchev–Trinajstić information content (AvgIpc) is 1.25. The van der Waals surface area contributed by atoms with Crippen LogP contribution in [0, 0.1) is 0 Å². The Morgan fingerprint density at radius 1 is 1.10 bits per heavy atom. The summed E-state index contributed by atoms with van der Waals surface area (Å²) >= 11 is 0. The van der Waals surface area contributed by atoms with Gasteiger partial charge in [0, 0.05) is 5.97 Å². The Hall–Kier alpha value is 0.766. The van der Waals surface area contributed by atoms with E-state index in [0.29, 0.717) is 0 Å². The first-order chi connectivity index (χ1) is 3.46. The van der Waals surface area contributed by atoms with Crippen molar-refractivity contribution in [3.63, 3.8) is 0 Å². The predicted octanol–water partition coefficient (Wildman–Crippen LogP) is -4.45.